The summed E-state index contributed by atoms with van der Waals surface area (Å²) in [5.74, 6) is 1.38. The van der Waals surface area contributed by atoms with E-state index in [4.69, 9.17) is 0 Å². The van der Waals surface area contributed by atoms with Gasteiger partial charge in [0.25, 0.3) is 0 Å². The first-order valence-electron chi connectivity index (χ1n) is 8.71. The van der Waals surface area contributed by atoms with Crippen molar-refractivity contribution in [3.8, 4) is 11.3 Å². The van der Waals surface area contributed by atoms with E-state index in [2.05, 4.69) is 51.3 Å². The summed E-state index contributed by atoms with van der Waals surface area (Å²) in [5.41, 5.74) is 2.72. The van der Waals surface area contributed by atoms with Gasteiger partial charge in [0, 0.05) is 54.4 Å². The highest BCUT2D eigenvalue weighted by molar-refractivity contribution is 5.63. The molecule has 0 radical (unpaired) electrons. The summed E-state index contributed by atoms with van der Waals surface area (Å²) < 4.78 is 0. The lowest BCUT2D eigenvalue weighted by Gasteiger charge is -2.21. The highest BCUT2D eigenvalue weighted by Crippen LogP contribution is 2.22. The molecule has 0 aliphatic heterocycles. The van der Waals surface area contributed by atoms with Crippen LogP contribution in [-0.2, 0) is 6.42 Å². The van der Waals surface area contributed by atoms with E-state index in [-0.39, 0.29) is 5.54 Å². The normalized spacial score (nSPS) is 11.2. The number of rotatable bonds is 6. The maximum Gasteiger partial charge on any atom is 0.225 e. The zero-order valence-corrected chi connectivity index (χ0v) is 15.4. The topological polar surface area (TPSA) is 75.6 Å². The lowest BCUT2D eigenvalue weighted by atomic mass is 10.1. The lowest BCUT2D eigenvalue weighted by molar-refractivity contribution is 0.626. The van der Waals surface area contributed by atoms with Crippen LogP contribution in [0.4, 0.5) is 11.8 Å². The largest absolute Gasteiger partial charge is 0.369 e. The van der Waals surface area contributed by atoms with Crippen LogP contribution in [0.3, 0.4) is 0 Å². The highest BCUT2D eigenvalue weighted by Gasteiger charge is 2.14. The van der Waals surface area contributed by atoms with E-state index in [1.54, 1.807) is 12.4 Å². The Bertz CT molecular complexity index is 828. The molecule has 6 nitrogen and oxygen atoms in total. The quantitative estimate of drug-likeness (QED) is 0.706. The molecule has 0 saturated heterocycles. The molecular formula is C20H24N6. The standard InChI is InChI=1S/C20H24N6/c1-20(2,3)26-19-24-17(15-7-6-10-21-14-15)13-18(25-19)23-12-9-16-8-4-5-11-22-16/h4-8,10-11,13-14H,9,12H2,1-3H3,(H2,23,24,25,26). The lowest BCUT2D eigenvalue weighted by Crippen LogP contribution is -2.27. The Morgan fingerprint density at radius 3 is 2.58 bits per heavy atom. The summed E-state index contributed by atoms with van der Waals surface area (Å²) in [4.78, 5) is 17.8. The highest BCUT2D eigenvalue weighted by atomic mass is 15.2. The van der Waals surface area contributed by atoms with Gasteiger partial charge >= 0.3 is 0 Å². The molecule has 0 unspecified atom stereocenters. The van der Waals surface area contributed by atoms with Gasteiger partial charge in [-0.25, -0.2) is 4.98 Å². The Morgan fingerprint density at radius 1 is 1.00 bits per heavy atom. The maximum atomic E-state index is 4.64. The summed E-state index contributed by atoms with van der Waals surface area (Å²) >= 11 is 0. The molecule has 0 aromatic carbocycles. The van der Waals surface area contributed by atoms with Crippen LogP contribution in [0.1, 0.15) is 26.5 Å². The van der Waals surface area contributed by atoms with Crippen molar-refractivity contribution < 1.29 is 0 Å². The van der Waals surface area contributed by atoms with Gasteiger partial charge < -0.3 is 10.6 Å². The fraction of sp³-hybridized carbons (Fsp3) is 0.300. The third-order valence-corrected chi connectivity index (χ3v) is 3.58. The van der Waals surface area contributed by atoms with E-state index in [0.29, 0.717) is 5.95 Å². The van der Waals surface area contributed by atoms with Crippen molar-refractivity contribution in [1.29, 1.82) is 0 Å². The smallest absolute Gasteiger partial charge is 0.225 e. The van der Waals surface area contributed by atoms with Crippen molar-refractivity contribution in [3.05, 3.63) is 60.7 Å². The third-order valence-electron chi connectivity index (χ3n) is 3.58. The van der Waals surface area contributed by atoms with Crippen molar-refractivity contribution in [2.24, 2.45) is 0 Å². The minimum absolute atomic E-state index is 0.126. The fourth-order valence-corrected chi connectivity index (χ4v) is 2.46. The SMILES string of the molecule is CC(C)(C)Nc1nc(NCCc2ccccn2)cc(-c2cccnc2)n1. The summed E-state index contributed by atoms with van der Waals surface area (Å²) in [6.07, 6.45) is 6.20. The Hall–Kier alpha value is -3.02. The van der Waals surface area contributed by atoms with Crippen LogP contribution in [0.25, 0.3) is 11.3 Å². The molecule has 3 heterocycles. The second kappa shape index (κ2) is 7.91. The summed E-state index contributed by atoms with van der Waals surface area (Å²) in [6.45, 7) is 7.00. The number of aromatic nitrogens is 4. The molecule has 3 rings (SSSR count). The summed E-state index contributed by atoms with van der Waals surface area (Å²) in [5, 5.41) is 6.72. The average molecular weight is 348 g/mol. The third kappa shape index (κ3) is 5.24. The van der Waals surface area contributed by atoms with E-state index in [1.807, 2.05) is 42.6 Å². The number of nitrogens with one attached hydrogen (secondary N) is 2. The maximum absolute atomic E-state index is 4.64. The molecule has 6 heteroatoms. The molecule has 0 bridgehead atoms. The van der Waals surface area contributed by atoms with Gasteiger partial charge in [-0.2, -0.15) is 4.98 Å². The molecule has 3 aromatic heterocycles. The summed E-state index contributed by atoms with van der Waals surface area (Å²) in [7, 11) is 0. The minimum atomic E-state index is -0.126. The first-order chi connectivity index (χ1) is 12.5. The first-order valence-corrected chi connectivity index (χ1v) is 8.71. The Morgan fingerprint density at radius 2 is 1.88 bits per heavy atom. The second-order valence-corrected chi connectivity index (χ2v) is 7.08. The van der Waals surface area contributed by atoms with E-state index >= 15 is 0 Å². The van der Waals surface area contributed by atoms with Gasteiger partial charge in [-0.3, -0.25) is 9.97 Å². The van der Waals surface area contributed by atoms with E-state index in [1.165, 1.54) is 0 Å². The molecule has 0 aliphatic carbocycles. The predicted molar refractivity (Wildman–Crippen MR) is 105 cm³/mol. The number of pyridine rings is 2. The number of hydrogen-bond donors (Lipinski definition) is 2. The summed E-state index contributed by atoms with van der Waals surface area (Å²) in [6, 6.07) is 11.8. The molecule has 0 amide bonds. The van der Waals surface area contributed by atoms with E-state index in [0.717, 1.165) is 35.7 Å². The van der Waals surface area contributed by atoms with E-state index in [9.17, 15) is 0 Å². The number of hydrogen-bond acceptors (Lipinski definition) is 6. The zero-order chi connectivity index (χ0) is 18.4. The monoisotopic (exact) mass is 348 g/mol. The minimum Gasteiger partial charge on any atom is -0.369 e. The van der Waals surface area contributed by atoms with Crippen LogP contribution >= 0.6 is 0 Å². The molecule has 2 N–H and O–H groups in total. The molecule has 3 aromatic rings. The van der Waals surface area contributed by atoms with Gasteiger partial charge in [-0.1, -0.05) is 6.07 Å². The van der Waals surface area contributed by atoms with Gasteiger partial charge in [0.05, 0.1) is 5.69 Å². The molecule has 134 valence electrons. The fourth-order valence-electron chi connectivity index (χ4n) is 2.46. The van der Waals surface area contributed by atoms with Crippen LogP contribution in [0.15, 0.2) is 55.0 Å². The Balaban J connectivity index is 1.80. The second-order valence-electron chi connectivity index (χ2n) is 7.08. The molecule has 0 saturated carbocycles. The van der Waals surface area contributed by atoms with Crippen molar-refractivity contribution >= 4 is 11.8 Å². The molecule has 0 atom stereocenters. The van der Waals surface area contributed by atoms with Crippen LogP contribution in [0.5, 0.6) is 0 Å². The van der Waals surface area contributed by atoms with Gasteiger partial charge in [0.2, 0.25) is 5.95 Å². The first kappa shape index (κ1) is 17.8. The molecule has 26 heavy (non-hydrogen) atoms. The van der Waals surface area contributed by atoms with Gasteiger partial charge in [-0.05, 0) is 45.0 Å². The van der Waals surface area contributed by atoms with Crippen LogP contribution in [0, 0.1) is 0 Å². The van der Waals surface area contributed by atoms with Crippen molar-refractivity contribution in [2.45, 2.75) is 32.7 Å². The number of anilines is 2. The van der Waals surface area contributed by atoms with Gasteiger partial charge in [0.1, 0.15) is 5.82 Å². The van der Waals surface area contributed by atoms with Crippen LogP contribution in [-0.4, -0.2) is 32.0 Å². The van der Waals surface area contributed by atoms with Crippen molar-refractivity contribution in [3.63, 3.8) is 0 Å². The predicted octanol–water partition coefficient (Wildman–Crippen LogP) is 3.80. The molecule has 0 fully saturated rings. The Labute approximate surface area is 154 Å². The van der Waals surface area contributed by atoms with Crippen LogP contribution < -0.4 is 10.6 Å². The van der Waals surface area contributed by atoms with Crippen molar-refractivity contribution in [1.82, 2.24) is 19.9 Å². The number of nitrogens with zero attached hydrogens (tertiary/aromatic N) is 4. The molecular weight excluding hydrogens is 324 g/mol. The molecule has 0 aliphatic rings. The zero-order valence-electron chi connectivity index (χ0n) is 15.4. The molecule has 0 spiro atoms. The Kier molecular flexibility index (Phi) is 5.41. The van der Waals surface area contributed by atoms with Gasteiger partial charge in [0.15, 0.2) is 0 Å². The van der Waals surface area contributed by atoms with Gasteiger partial charge in [-0.15, -0.1) is 0 Å². The van der Waals surface area contributed by atoms with E-state index < -0.39 is 0 Å². The van der Waals surface area contributed by atoms with Crippen molar-refractivity contribution in [2.75, 3.05) is 17.2 Å². The average Bonchev–Trinajstić information content (AvgIpc) is 2.62. The van der Waals surface area contributed by atoms with Crippen LogP contribution in [0.2, 0.25) is 0 Å².